The van der Waals surface area contributed by atoms with Crippen LogP contribution in [0.15, 0.2) is 18.2 Å². The number of hydrogen-bond acceptors (Lipinski definition) is 5. The van der Waals surface area contributed by atoms with Crippen LogP contribution in [0.3, 0.4) is 0 Å². The number of nitrogens with zero attached hydrogens (tertiary/aromatic N) is 1. The Morgan fingerprint density at radius 2 is 2.00 bits per heavy atom. The molecule has 8 nitrogen and oxygen atoms in total. The molecular weight excluding hydrogens is 364 g/mol. The Kier molecular flexibility index (Phi) is 6.19. The molecular formula is C17H21F2N3O5. The van der Waals surface area contributed by atoms with Crippen molar-refractivity contribution in [1.29, 1.82) is 0 Å². The van der Waals surface area contributed by atoms with E-state index in [1.54, 1.807) is 13.8 Å². The lowest BCUT2D eigenvalue weighted by Gasteiger charge is -2.16. The number of alkyl halides is 2. The predicted octanol–water partition coefficient (Wildman–Crippen LogP) is 1.63. The molecule has 0 bridgehead atoms. The third kappa shape index (κ3) is 5.05. The lowest BCUT2D eigenvalue weighted by molar-refractivity contribution is -0.130. The van der Waals surface area contributed by atoms with Crippen LogP contribution in [-0.4, -0.2) is 48.6 Å². The van der Waals surface area contributed by atoms with Crippen LogP contribution in [-0.2, 0) is 16.1 Å². The average Bonchev–Trinajstić information content (AvgIpc) is 2.79. The summed E-state index contributed by atoms with van der Waals surface area (Å²) in [4.78, 5) is 36.8. The van der Waals surface area contributed by atoms with Crippen LogP contribution in [0.2, 0.25) is 0 Å². The first-order valence-corrected chi connectivity index (χ1v) is 8.16. The summed E-state index contributed by atoms with van der Waals surface area (Å²) in [6, 6.07) is 3.78. The Bertz CT molecular complexity index is 739. The van der Waals surface area contributed by atoms with Crippen molar-refractivity contribution in [3.05, 3.63) is 23.8 Å². The number of ether oxygens (including phenoxy) is 2. The van der Waals surface area contributed by atoms with E-state index in [2.05, 4.69) is 15.4 Å². The highest BCUT2D eigenvalue weighted by Gasteiger charge is 2.43. The fraction of sp³-hybridized carbons (Fsp3) is 0.471. The Balaban J connectivity index is 1.87. The van der Waals surface area contributed by atoms with E-state index in [-0.39, 0.29) is 42.8 Å². The number of nitrogens with one attached hydrogen (secondary N) is 2. The molecule has 0 saturated carbocycles. The van der Waals surface area contributed by atoms with Crippen molar-refractivity contribution in [2.24, 2.45) is 0 Å². The molecule has 1 aliphatic heterocycles. The van der Waals surface area contributed by atoms with Crippen molar-refractivity contribution < 1.29 is 32.6 Å². The van der Waals surface area contributed by atoms with Crippen molar-refractivity contribution in [3.63, 3.8) is 0 Å². The first-order valence-electron chi connectivity index (χ1n) is 8.16. The third-order valence-electron chi connectivity index (χ3n) is 3.94. The van der Waals surface area contributed by atoms with Gasteiger partial charge in [-0.1, -0.05) is 6.07 Å². The second-order valence-corrected chi connectivity index (χ2v) is 6.40. The molecule has 1 aromatic carbocycles. The summed E-state index contributed by atoms with van der Waals surface area (Å²) in [6.45, 7) is 0.282. The number of imide groups is 1. The van der Waals surface area contributed by atoms with Gasteiger partial charge in [0.15, 0.2) is 11.5 Å². The topological polar surface area (TPSA) is 97.0 Å². The van der Waals surface area contributed by atoms with Crippen LogP contribution in [0.25, 0.3) is 0 Å². The molecule has 1 heterocycles. The molecule has 1 fully saturated rings. The van der Waals surface area contributed by atoms with Gasteiger partial charge >= 0.3 is 12.6 Å². The number of methoxy groups -OCH3 is 1. The standard InChI is InChI=1S/C17H21F2N3O5/c1-17(2)14(24)22(16(25)21-17)7-6-13(23)20-9-10-4-5-11(27-15(18)19)12(8-10)26-3/h4-5,8,15H,6-7,9H2,1-3H3,(H,20,23)(H,21,25). The number of hydrogen-bond donors (Lipinski definition) is 2. The highest BCUT2D eigenvalue weighted by molar-refractivity contribution is 6.06. The molecule has 0 aromatic heterocycles. The van der Waals surface area contributed by atoms with Gasteiger partial charge in [-0.15, -0.1) is 0 Å². The summed E-state index contributed by atoms with van der Waals surface area (Å²) in [5, 5.41) is 5.16. The van der Waals surface area contributed by atoms with E-state index in [9.17, 15) is 23.2 Å². The van der Waals surface area contributed by atoms with E-state index in [0.717, 1.165) is 4.90 Å². The van der Waals surface area contributed by atoms with Gasteiger partial charge in [-0.2, -0.15) is 8.78 Å². The second kappa shape index (κ2) is 8.19. The zero-order valence-electron chi connectivity index (χ0n) is 15.2. The van der Waals surface area contributed by atoms with Crippen LogP contribution in [0.5, 0.6) is 11.5 Å². The molecule has 148 valence electrons. The average molecular weight is 385 g/mol. The van der Waals surface area contributed by atoms with Crippen LogP contribution in [0.4, 0.5) is 13.6 Å². The van der Waals surface area contributed by atoms with Gasteiger partial charge in [0.1, 0.15) is 5.54 Å². The Hall–Kier alpha value is -2.91. The van der Waals surface area contributed by atoms with Gasteiger partial charge in [-0.3, -0.25) is 14.5 Å². The normalized spacial score (nSPS) is 15.7. The fourth-order valence-electron chi connectivity index (χ4n) is 2.54. The smallest absolute Gasteiger partial charge is 0.387 e. The van der Waals surface area contributed by atoms with Gasteiger partial charge in [0.05, 0.1) is 7.11 Å². The molecule has 1 saturated heterocycles. The molecule has 0 aliphatic carbocycles. The molecule has 0 atom stereocenters. The fourth-order valence-corrected chi connectivity index (χ4v) is 2.54. The predicted molar refractivity (Wildman–Crippen MR) is 90.4 cm³/mol. The van der Waals surface area contributed by atoms with Gasteiger partial charge in [-0.05, 0) is 31.5 Å². The molecule has 2 N–H and O–H groups in total. The third-order valence-corrected chi connectivity index (χ3v) is 3.94. The van der Waals surface area contributed by atoms with Gasteiger partial charge in [0.2, 0.25) is 5.91 Å². The number of carbonyl (C=O) groups excluding carboxylic acids is 3. The highest BCUT2D eigenvalue weighted by Crippen LogP contribution is 2.29. The highest BCUT2D eigenvalue weighted by atomic mass is 19.3. The molecule has 4 amide bonds. The number of amides is 4. The summed E-state index contributed by atoms with van der Waals surface area (Å²) in [5.41, 5.74) is -0.371. The Morgan fingerprint density at radius 1 is 1.30 bits per heavy atom. The largest absolute Gasteiger partial charge is 0.493 e. The lowest BCUT2D eigenvalue weighted by atomic mass is 10.1. The minimum Gasteiger partial charge on any atom is -0.493 e. The zero-order chi connectivity index (χ0) is 20.2. The second-order valence-electron chi connectivity index (χ2n) is 6.40. The first-order chi connectivity index (χ1) is 12.6. The summed E-state index contributed by atoms with van der Waals surface area (Å²) in [7, 11) is 1.32. The molecule has 0 spiro atoms. The lowest BCUT2D eigenvalue weighted by Crippen LogP contribution is -2.40. The molecule has 27 heavy (non-hydrogen) atoms. The van der Waals surface area contributed by atoms with Crippen LogP contribution in [0.1, 0.15) is 25.8 Å². The Morgan fingerprint density at radius 3 is 2.56 bits per heavy atom. The Labute approximate surface area is 154 Å². The van der Waals surface area contributed by atoms with E-state index in [1.807, 2.05) is 0 Å². The molecule has 0 radical (unpaired) electrons. The van der Waals surface area contributed by atoms with Crippen LogP contribution < -0.4 is 20.1 Å². The summed E-state index contributed by atoms with van der Waals surface area (Å²) < 4.78 is 34.0. The van der Waals surface area contributed by atoms with Crippen molar-refractivity contribution in [2.45, 2.75) is 39.0 Å². The number of urea groups is 1. The maximum absolute atomic E-state index is 12.3. The van der Waals surface area contributed by atoms with E-state index < -0.39 is 18.2 Å². The number of carbonyl (C=O) groups is 3. The van der Waals surface area contributed by atoms with Crippen LogP contribution in [0, 0.1) is 0 Å². The SMILES string of the molecule is COc1cc(CNC(=O)CCN2C(=O)NC(C)(C)C2=O)ccc1OC(F)F. The minimum absolute atomic E-state index is 0.0373. The maximum Gasteiger partial charge on any atom is 0.387 e. The monoisotopic (exact) mass is 385 g/mol. The minimum atomic E-state index is -2.97. The van der Waals surface area contributed by atoms with Gasteiger partial charge in [0.25, 0.3) is 5.91 Å². The van der Waals surface area contributed by atoms with E-state index in [0.29, 0.717) is 5.56 Å². The number of halogens is 2. The summed E-state index contributed by atoms with van der Waals surface area (Å²) >= 11 is 0. The number of rotatable bonds is 8. The molecule has 0 unspecified atom stereocenters. The molecule has 1 aromatic rings. The number of benzene rings is 1. The van der Waals surface area contributed by atoms with Crippen LogP contribution >= 0.6 is 0 Å². The van der Waals surface area contributed by atoms with E-state index in [1.165, 1.54) is 25.3 Å². The van der Waals surface area contributed by atoms with Crippen molar-refractivity contribution in [3.8, 4) is 11.5 Å². The quantitative estimate of drug-likeness (QED) is 0.663. The van der Waals surface area contributed by atoms with Crippen molar-refractivity contribution >= 4 is 17.8 Å². The summed E-state index contributed by atoms with van der Waals surface area (Å²) in [6.07, 6.45) is -0.0566. The molecule has 2 rings (SSSR count). The van der Waals surface area contributed by atoms with E-state index in [4.69, 9.17) is 4.74 Å². The summed E-state index contributed by atoms with van der Waals surface area (Å²) in [5.74, 6) is -0.751. The molecule has 10 heteroatoms. The van der Waals surface area contributed by atoms with Gasteiger partial charge in [0, 0.05) is 19.5 Å². The van der Waals surface area contributed by atoms with E-state index >= 15 is 0 Å². The van der Waals surface area contributed by atoms with Gasteiger partial charge < -0.3 is 20.1 Å². The maximum atomic E-state index is 12.3. The van der Waals surface area contributed by atoms with Crippen molar-refractivity contribution in [2.75, 3.05) is 13.7 Å². The zero-order valence-corrected chi connectivity index (χ0v) is 15.2. The van der Waals surface area contributed by atoms with Crippen molar-refractivity contribution in [1.82, 2.24) is 15.5 Å². The van der Waals surface area contributed by atoms with Gasteiger partial charge in [-0.25, -0.2) is 4.79 Å². The molecule has 1 aliphatic rings. The first kappa shape index (κ1) is 20.4.